The van der Waals surface area contributed by atoms with Crippen LogP contribution in [0.15, 0.2) is 48.7 Å². The smallest absolute Gasteiger partial charge is 0.249 e. The number of nitrogens with two attached hydrogens (primary N) is 2. The van der Waals surface area contributed by atoms with Crippen molar-refractivity contribution in [3.63, 3.8) is 0 Å². The van der Waals surface area contributed by atoms with E-state index < -0.39 is 11.6 Å². The van der Waals surface area contributed by atoms with Gasteiger partial charge in [-0.25, -0.2) is 0 Å². The monoisotopic (exact) mass is 215 g/mol. The molecule has 1 amide bonds. The molecule has 4 heteroatoms. The molecule has 82 valence electrons. The van der Waals surface area contributed by atoms with E-state index >= 15 is 0 Å². The van der Waals surface area contributed by atoms with Gasteiger partial charge in [0.05, 0.1) is 0 Å². The van der Waals surface area contributed by atoms with Gasteiger partial charge in [0.1, 0.15) is 5.66 Å². The van der Waals surface area contributed by atoms with Crippen molar-refractivity contribution in [1.29, 1.82) is 0 Å². The molecule has 16 heavy (non-hydrogen) atoms. The van der Waals surface area contributed by atoms with Gasteiger partial charge in [-0.3, -0.25) is 4.79 Å². The van der Waals surface area contributed by atoms with E-state index in [9.17, 15) is 4.79 Å². The van der Waals surface area contributed by atoms with Gasteiger partial charge in [-0.05, 0) is 24.4 Å². The zero-order valence-corrected chi connectivity index (χ0v) is 8.68. The van der Waals surface area contributed by atoms with Gasteiger partial charge < -0.3 is 16.8 Å². The van der Waals surface area contributed by atoms with E-state index in [0.717, 1.165) is 0 Å². The van der Waals surface area contributed by atoms with Crippen molar-refractivity contribution in [2.24, 2.45) is 11.5 Å². The Labute approximate surface area is 93.6 Å². The molecular weight excluding hydrogens is 202 g/mol. The molecule has 1 unspecified atom stereocenters. The van der Waals surface area contributed by atoms with E-state index in [4.69, 9.17) is 11.5 Å². The fraction of sp³-hybridized carbons (Fsp3) is 0.0833. The van der Waals surface area contributed by atoms with Crippen molar-refractivity contribution in [3.8, 4) is 0 Å². The van der Waals surface area contributed by atoms with Crippen LogP contribution in [0, 0.1) is 0 Å². The van der Waals surface area contributed by atoms with E-state index in [1.54, 1.807) is 30.5 Å². The van der Waals surface area contributed by atoms with Crippen molar-refractivity contribution in [1.82, 2.24) is 5.32 Å². The maximum Gasteiger partial charge on any atom is 0.249 e. The fourth-order valence-corrected chi connectivity index (χ4v) is 1.72. The minimum Gasteiger partial charge on any atom is -0.366 e. The number of hydrogen-bond donors (Lipinski definition) is 3. The van der Waals surface area contributed by atoms with Crippen molar-refractivity contribution in [2.75, 3.05) is 0 Å². The summed E-state index contributed by atoms with van der Waals surface area (Å²) in [6.07, 6.45) is 7.18. The lowest BCUT2D eigenvalue weighted by Gasteiger charge is -2.30. The number of amides is 1. The van der Waals surface area contributed by atoms with Crippen molar-refractivity contribution >= 4 is 5.91 Å². The predicted molar refractivity (Wildman–Crippen MR) is 62.2 cm³/mol. The Morgan fingerprint density at radius 1 is 1.25 bits per heavy atom. The Kier molecular flexibility index (Phi) is 2.50. The first-order chi connectivity index (χ1) is 7.63. The lowest BCUT2D eigenvalue weighted by atomic mass is 9.93. The van der Waals surface area contributed by atoms with E-state index in [1.165, 1.54) is 0 Å². The molecule has 1 atom stereocenters. The summed E-state index contributed by atoms with van der Waals surface area (Å²) in [5, 5.41) is 3.01. The summed E-state index contributed by atoms with van der Waals surface area (Å²) in [7, 11) is 0. The molecule has 1 aliphatic heterocycles. The van der Waals surface area contributed by atoms with Crippen LogP contribution in [-0.4, -0.2) is 5.91 Å². The summed E-state index contributed by atoms with van der Waals surface area (Å²) < 4.78 is 0. The predicted octanol–water partition coefficient (Wildman–Crippen LogP) is 0.570. The number of benzene rings is 1. The summed E-state index contributed by atoms with van der Waals surface area (Å²) in [6.45, 7) is 0. The lowest BCUT2D eigenvalue weighted by molar-refractivity contribution is 0.0998. The number of primary amides is 1. The number of dihydropyridines is 1. The number of allylic oxidation sites excluding steroid dienone is 2. The number of nitrogens with one attached hydrogen (secondary N) is 1. The van der Waals surface area contributed by atoms with E-state index in [-0.39, 0.29) is 0 Å². The minimum absolute atomic E-state index is 0.428. The number of hydrogen-bond acceptors (Lipinski definition) is 3. The van der Waals surface area contributed by atoms with Crippen LogP contribution in [0.1, 0.15) is 15.9 Å². The van der Waals surface area contributed by atoms with Gasteiger partial charge in [-0.1, -0.05) is 24.3 Å². The average molecular weight is 215 g/mol. The number of carbonyl (C=O) groups is 1. The van der Waals surface area contributed by atoms with Crippen LogP contribution in [0.3, 0.4) is 0 Å². The second-order valence-corrected chi connectivity index (χ2v) is 3.64. The molecule has 0 saturated heterocycles. The molecule has 0 aromatic heterocycles. The van der Waals surface area contributed by atoms with Crippen molar-refractivity contribution in [3.05, 3.63) is 59.8 Å². The molecule has 0 spiro atoms. The lowest BCUT2D eigenvalue weighted by Crippen LogP contribution is -2.48. The molecule has 4 nitrogen and oxygen atoms in total. The van der Waals surface area contributed by atoms with Crippen molar-refractivity contribution < 1.29 is 4.79 Å². The Morgan fingerprint density at radius 3 is 2.62 bits per heavy atom. The molecule has 1 aromatic carbocycles. The molecule has 5 N–H and O–H groups in total. The van der Waals surface area contributed by atoms with Gasteiger partial charge in [-0.2, -0.15) is 0 Å². The fourth-order valence-electron chi connectivity index (χ4n) is 1.72. The van der Waals surface area contributed by atoms with Crippen LogP contribution in [-0.2, 0) is 5.66 Å². The zero-order chi connectivity index (χ0) is 11.6. The van der Waals surface area contributed by atoms with E-state index in [0.29, 0.717) is 11.1 Å². The van der Waals surface area contributed by atoms with Crippen LogP contribution in [0.4, 0.5) is 0 Å². The Balaban J connectivity index is 2.51. The third-order valence-corrected chi connectivity index (χ3v) is 2.53. The maximum absolute atomic E-state index is 11.3. The molecule has 0 radical (unpaired) electrons. The summed E-state index contributed by atoms with van der Waals surface area (Å²) >= 11 is 0. The SMILES string of the molecule is NC(=O)c1ccccc1C1(N)C=CC=CN1. The highest BCUT2D eigenvalue weighted by Gasteiger charge is 2.27. The van der Waals surface area contributed by atoms with Gasteiger partial charge in [0.25, 0.3) is 0 Å². The van der Waals surface area contributed by atoms with Crippen LogP contribution in [0.25, 0.3) is 0 Å². The van der Waals surface area contributed by atoms with Gasteiger partial charge in [0, 0.05) is 11.1 Å². The van der Waals surface area contributed by atoms with Crippen LogP contribution in [0.5, 0.6) is 0 Å². The van der Waals surface area contributed by atoms with Gasteiger partial charge in [0.2, 0.25) is 5.91 Å². The molecule has 0 aliphatic carbocycles. The summed E-state index contributed by atoms with van der Waals surface area (Å²) in [6, 6.07) is 7.04. The highest BCUT2D eigenvalue weighted by Crippen LogP contribution is 2.22. The summed E-state index contributed by atoms with van der Waals surface area (Å²) in [5.74, 6) is -0.481. The molecule has 0 saturated carbocycles. The summed E-state index contributed by atoms with van der Waals surface area (Å²) in [4.78, 5) is 11.3. The molecule has 0 fully saturated rings. The molecule has 1 aromatic rings. The molecule has 2 rings (SSSR count). The summed E-state index contributed by atoms with van der Waals surface area (Å²) in [5.41, 5.74) is 11.7. The van der Waals surface area contributed by atoms with Crippen LogP contribution >= 0.6 is 0 Å². The minimum atomic E-state index is -0.875. The highest BCUT2D eigenvalue weighted by molar-refractivity contribution is 5.94. The largest absolute Gasteiger partial charge is 0.366 e. The Hall–Kier alpha value is -2.07. The second kappa shape index (κ2) is 3.83. The van der Waals surface area contributed by atoms with Gasteiger partial charge in [0.15, 0.2) is 0 Å². The highest BCUT2D eigenvalue weighted by atomic mass is 16.1. The average Bonchev–Trinajstić information content (AvgIpc) is 2.30. The normalized spacial score (nSPS) is 22.8. The van der Waals surface area contributed by atoms with Crippen LogP contribution < -0.4 is 16.8 Å². The molecule has 0 bridgehead atoms. The first-order valence-corrected chi connectivity index (χ1v) is 4.94. The number of rotatable bonds is 2. The molecule has 1 aliphatic rings. The Bertz CT molecular complexity index is 479. The van der Waals surface area contributed by atoms with Gasteiger partial charge >= 0.3 is 0 Å². The first kappa shape index (κ1) is 10.4. The standard InChI is InChI=1S/C12H13N3O/c13-11(16)9-5-1-2-6-10(9)12(14)7-3-4-8-15-12/h1-8,15H,14H2,(H2,13,16). The quantitative estimate of drug-likeness (QED) is 0.674. The third-order valence-electron chi connectivity index (χ3n) is 2.53. The number of carbonyl (C=O) groups excluding carboxylic acids is 1. The topological polar surface area (TPSA) is 81.1 Å². The maximum atomic E-state index is 11.3. The first-order valence-electron chi connectivity index (χ1n) is 4.94. The van der Waals surface area contributed by atoms with Crippen LogP contribution in [0.2, 0.25) is 0 Å². The zero-order valence-electron chi connectivity index (χ0n) is 8.68. The van der Waals surface area contributed by atoms with Gasteiger partial charge in [-0.15, -0.1) is 0 Å². The van der Waals surface area contributed by atoms with E-state index in [1.807, 2.05) is 18.2 Å². The molecular formula is C12H13N3O. The third kappa shape index (κ3) is 1.70. The van der Waals surface area contributed by atoms with E-state index in [2.05, 4.69) is 5.32 Å². The Morgan fingerprint density at radius 2 is 2.00 bits per heavy atom. The van der Waals surface area contributed by atoms with Crippen molar-refractivity contribution in [2.45, 2.75) is 5.66 Å². The molecule has 1 heterocycles. The second-order valence-electron chi connectivity index (χ2n) is 3.64.